The van der Waals surface area contributed by atoms with Gasteiger partial charge in [-0.3, -0.25) is 4.79 Å². The summed E-state index contributed by atoms with van der Waals surface area (Å²) in [6.45, 7) is 0.729. The van der Waals surface area contributed by atoms with Crippen LogP contribution in [0.3, 0.4) is 0 Å². The molecule has 0 spiro atoms. The molecule has 1 aliphatic rings. The first-order valence-corrected chi connectivity index (χ1v) is 9.09. The fourth-order valence-corrected chi connectivity index (χ4v) is 3.77. The molecule has 1 heterocycles. The van der Waals surface area contributed by atoms with E-state index in [0.29, 0.717) is 0 Å². The number of carbonyl (C=O) groups is 1. The van der Waals surface area contributed by atoms with Crippen LogP contribution in [0.25, 0.3) is 0 Å². The zero-order valence-electron chi connectivity index (χ0n) is 13.4. The number of nitriles is 1. The average molecular weight is 340 g/mol. The van der Waals surface area contributed by atoms with Gasteiger partial charge in [-0.1, -0.05) is 42.1 Å². The molecule has 1 N–H and O–H groups in total. The molecule has 6 heteroatoms. The molecule has 124 valence electrons. The van der Waals surface area contributed by atoms with Crippen molar-refractivity contribution in [1.82, 2.24) is 14.9 Å². The second-order valence-corrected chi connectivity index (χ2v) is 7.00. The van der Waals surface area contributed by atoms with Crippen LogP contribution in [0.2, 0.25) is 0 Å². The summed E-state index contributed by atoms with van der Waals surface area (Å²) >= 11 is 1.40. The van der Waals surface area contributed by atoms with Crippen molar-refractivity contribution in [3.05, 3.63) is 48.3 Å². The van der Waals surface area contributed by atoms with E-state index in [1.165, 1.54) is 17.3 Å². The predicted octanol–water partition coefficient (Wildman–Crippen LogP) is 2.98. The van der Waals surface area contributed by atoms with Gasteiger partial charge in [-0.2, -0.15) is 5.26 Å². The fourth-order valence-electron chi connectivity index (χ4n) is 3.01. The molecule has 3 rings (SSSR count). The van der Waals surface area contributed by atoms with Crippen LogP contribution < -0.4 is 5.32 Å². The van der Waals surface area contributed by atoms with Crippen LogP contribution in [0.4, 0.5) is 0 Å². The second kappa shape index (κ2) is 7.54. The third kappa shape index (κ3) is 3.98. The summed E-state index contributed by atoms with van der Waals surface area (Å²) in [5, 5.41) is 13.1. The first kappa shape index (κ1) is 16.6. The molecule has 1 fully saturated rings. The molecule has 0 radical (unpaired) electrons. The Morgan fingerprint density at radius 2 is 2.08 bits per heavy atom. The molecule has 24 heavy (non-hydrogen) atoms. The maximum Gasteiger partial charge on any atom is 0.231 e. The third-order valence-electron chi connectivity index (χ3n) is 4.26. The van der Waals surface area contributed by atoms with Crippen molar-refractivity contribution in [3.8, 4) is 6.07 Å². The lowest BCUT2D eigenvalue weighted by Crippen LogP contribution is -2.45. The Morgan fingerprint density at radius 1 is 1.33 bits per heavy atom. The zero-order valence-corrected chi connectivity index (χ0v) is 14.3. The van der Waals surface area contributed by atoms with Gasteiger partial charge < -0.3 is 9.88 Å². The Balaban J connectivity index is 1.56. The first-order chi connectivity index (χ1) is 11.7. The minimum Gasteiger partial charge on any atom is -0.337 e. The Labute approximate surface area is 146 Å². The van der Waals surface area contributed by atoms with Crippen molar-refractivity contribution >= 4 is 17.7 Å². The van der Waals surface area contributed by atoms with Crippen LogP contribution in [0.15, 0.2) is 47.9 Å². The standard InChI is InChI=1S/C18H20N4OS/c19-14-18(8-4-5-9-18)21-16(23)13-24-17-20-10-11-22(17)12-15-6-2-1-3-7-15/h1-3,6-7,10-11H,4-5,8-9,12-13H2,(H,21,23). The zero-order chi connectivity index (χ0) is 16.8. The maximum atomic E-state index is 12.2. The van der Waals surface area contributed by atoms with Crippen LogP contribution in [-0.2, 0) is 11.3 Å². The number of hydrogen-bond acceptors (Lipinski definition) is 4. The molecular formula is C18H20N4OS. The maximum absolute atomic E-state index is 12.2. The van der Waals surface area contributed by atoms with E-state index in [-0.39, 0.29) is 11.7 Å². The van der Waals surface area contributed by atoms with Gasteiger partial charge in [-0.25, -0.2) is 4.98 Å². The van der Waals surface area contributed by atoms with Gasteiger partial charge in [0, 0.05) is 18.9 Å². The number of hydrogen-bond donors (Lipinski definition) is 1. The van der Waals surface area contributed by atoms with Crippen molar-refractivity contribution in [3.63, 3.8) is 0 Å². The van der Waals surface area contributed by atoms with E-state index in [0.717, 1.165) is 37.4 Å². The van der Waals surface area contributed by atoms with E-state index in [9.17, 15) is 10.1 Å². The molecule has 1 aromatic carbocycles. The third-order valence-corrected chi connectivity index (χ3v) is 5.26. The molecule has 1 amide bonds. The van der Waals surface area contributed by atoms with Crippen molar-refractivity contribution in [1.29, 1.82) is 5.26 Å². The number of imidazole rings is 1. The molecule has 5 nitrogen and oxygen atoms in total. The van der Waals surface area contributed by atoms with E-state index in [1.807, 2.05) is 29.0 Å². The van der Waals surface area contributed by atoms with Crippen molar-refractivity contribution in [2.24, 2.45) is 0 Å². The molecule has 1 aliphatic carbocycles. The lowest BCUT2D eigenvalue weighted by Gasteiger charge is -2.21. The monoisotopic (exact) mass is 340 g/mol. The highest BCUT2D eigenvalue weighted by atomic mass is 32.2. The minimum absolute atomic E-state index is 0.0993. The van der Waals surface area contributed by atoms with Gasteiger partial charge in [0.2, 0.25) is 5.91 Å². The number of thioether (sulfide) groups is 1. The summed E-state index contributed by atoms with van der Waals surface area (Å²) in [5.41, 5.74) is 0.535. The molecule has 0 aliphatic heterocycles. The van der Waals surface area contributed by atoms with Gasteiger partial charge in [-0.15, -0.1) is 0 Å². The minimum atomic E-state index is -0.656. The lowest BCUT2D eigenvalue weighted by atomic mass is 10.0. The van der Waals surface area contributed by atoms with E-state index in [1.54, 1.807) is 6.20 Å². The molecular weight excluding hydrogens is 320 g/mol. The number of aromatic nitrogens is 2. The highest BCUT2D eigenvalue weighted by molar-refractivity contribution is 7.99. The van der Waals surface area contributed by atoms with Crippen LogP contribution in [0.1, 0.15) is 31.2 Å². The van der Waals surface area contributed by atoms with Crippen molar-refractivity contribution < 1.29 is 4.79 Å². The van der Waals surface area contributed by atoms with Crippen molar-refractivity contribution in [2.75, 3.05) is 5.75 Å². The molecule has 0 unspecified atom stereocenters. The van der Waals surface area contributed by atoms with Crippen LogP contribution in [-0.4, -0.2) is 26.8 Å². The number of benzene rings is 1. The van der Waals surface area contributed by atoms with Crippen LogP contribution in [0, 0.1) is 11.3 Å². The van der Waals surface area contributed by atoms with Gasteiger partial charge in [0.15, 0.2) is 5.16 Å². The first-order valence-electron chi connectivity index (χ1n) is 8.11. The topological polar surface area (TPSA) is 70.7 Å². The molecule has 0 bridgehead atoms. The van der Waals surface area contributed by atoms with Gasteiger partial charge >= 0.3 is 0 Å². The summed E-state index contributed by atoms with van der Waals surface area (Å²) in [5.74, 6) is 0.174. The molecule has 2 aromatic rings. The smallest absolute Gasteiger partial charge is 0.231 e. The van der Waals surface area contributed by atoms with Gasteiger partial charge in [0.25, 0.3) is 0 Å². The Hall–Kier alpha value is -2.26. The highest BCUT2D eigenvalue weighted by Crippen LogP contribution is 2.29. The summed E-state index contributed by atoms with van der Waals surface area (Å²) in [4.78, 5) is 16.5. The number of rotatable bonds is 6. The second-order valence-electron chi connectivity index (χ2n) is 6.06. The Morgan fingerprint density at radius 3 is 2.79 bits per heavy atom. The molecule has 0 saturated heterocycles. The average Bonchev–Trinajstić information content (AvgIpc) is 3.24. The summed E-state index contributed by atoms with van der Waals surface area (Å²) < 4.78 is 2.03. The normalized spacial score (nSPS) is 15.8. The number of amides is 1. The fraction of sp³-hybridized carbons (Fsp3) is 0.389. The number of carbonyl (C=O) groups excluding carboxylic acids is 1. The Bertz CT molecular complexity index is 729. The highest BCUT2D eigenvalue weighted by Gasteiger charge is 2.35. The van der Waals surface area contributed by atoms with Crippen LogP contribution in [0.5, 0.6) is 0 Å². The van der Waals surface area contributed by atoms with E-state index < -0.39 is 5.54 Å². The largest absolute Gasteiger partial charge is 0.337 e. The van der Waals surface area contributed by atoms with Gasteiger partial charge in [0.05, 0.1) is 11.8 Å². The summed E-state index contributed by atoms with van der Waals surface area (Å²) in [6, 6.07) is 12.4. The van der Waals surface area contributed by atoms with E-state index >= 15 is 0 Å². The number of nitrogens with zero attached hydrogens (tertiary/aromatic N) is 3. The van der Waals surface area contributed by atoms with E-state index in [4.69, 9.17) is 0 Å². The lowest BCUT2D eigenvalue weighted by molar-refractivity contribution is -0.119. The van der Waals surface area contributed by atoms with Crippen LogP contribution >= 0.6 is 11.8 Å². The quantitative estimate of drug-likeness (QED) is 0.821. The molecule has 1 aromatic heterocycles. The van der Waals surface area contributed by atoms with Gasteiger partial charge in [0.1, 0.15) is 5.54 Å². The Kier molecular flexibility index (Phi) is 5.21. The SMILES string of the molecule is N#CC1(NC(=O)CSc2nccn2Cc2ccccc2)CCCC1. The summed E-state index contributed by atoms with van der Waals surface area (Å²) in [6.07, 6.45) is 7.17. The predicted molar refractivity (Wildman–Crippen MR) is 93.4 cm³/mol. The van der Waals surface area contributed by atoms with E-state index in [2.05, 4.69) is 28.5 Å². The van der Waals surface area contributed by atoms with Crippen molar-refractivity contribution in [2.45, 2.75) is 42.9 Å². The van der Waals surface area contributed by atoms with Gasteiger partial charge in [-0.05, 0) is 31.2 Å². The summed E-state index contributed by atoms with van der Waals surface area (Å²) in [7, 11) is 0. The number of nitrogens with one attached hydrogen (secondary N) is 1. The molecule has 1 saturated carbocycles. The molecule has 0 atom stereocenters.